The SMILES string of the molecule is Cc1ccc2cc(-c3c4ccccc4c(-c4ccc5cc(-c6c7ccccc7c(-c7ccc(-c8nc9ccccc9n8-c8ccccc8)cc7)c7ccccc67)ccc5c4)c4ccccc34)ccc2c1. The third kappa shape index (κ3) is 6.38. The van der Waals surface area contributed by atoms with Gasteiger partial charge in [0.15, 0.2) is 0 Å². The monoisotopic (exact) mass is 888 g/mol. The van der Waals surface area contributed by atoms with Crippen molar-refractivity contribution in [3.8, 4) is 61.6 Å². The molecule has 0 fully saturated rings. The van der Waals surface area contributed by atoms with Crippen molar-refractivity contribution in [1.29, 1.82) is 0 Å². The van der Waals surface area contributed by atoms with E-state index in [0.717, 1.165) is 28.1 Å². The summed E-state index contributed by atoms with van der Waals surface area (Å²) in [6.45, 7) is 2.16. The molecule has 0 aliphatic heterocycles. The zero-order valence-corrected chi connectivity index (χ0v) is 38.6. The predicted molar refractivity (Wildman–Crippen MR) is 298 cm³/mol. The summed E-state index contributed by atoms with van der Waals surface area (Å²) >= 11 is 0. The quantitative estimate of drug-likeness (QED) is 0.152. The normalized spacial score (nSPS) is 11.8. The van der Waals surface area contributed by atoms with E-state index in [0.29, 0.717) is 0 Å². The number of rotatable bonds is 6. The lowest BCUT2D eigenvalue weighted by Gasteiger charge is -2.19. The molecular formula is C68H44N2. The maximum absolute atomic E-state index is 5.16. The van der Waals surface area contributed by atoms with Crippen molar-refractivity contribution in [3.05, 3.63) is 254 Å². The van der Waals surface area contributed by atoms with E-state index in [-0.39, 0.29) is 0 Å². The van der Waals surface area contributed by atoms with Gasteiger partial charge in [0.25, 0.3) is 0 Å². The minimum Gasteiger partial charge on any atom is -0.292 e. The third-order valence-electron chi connectivity index (χ3n) is 14.6. The van der Waals surface area contributed by atoms with Gasteiger partial charge in [-0.05, 0) is 159 Å². The first-order chi connectivity index (χ1) is 34.6. The molecule has 0 radical (unpaired) electrons. The fraction of sp³-hybridized carbons (Fsp3) is 0.0147. The van der Waals surface area contributed by atoms with Crippen LogP contribution in [0.5, 0.6) is 0 Å². The van der Waals surface area contributed by atoms with Crippen LogP contribution < -0.4 is 0 Å². The smallest absolute Gasteiger partial charge is 0.145 e. The average Bonchev–Trinajstić information content (AvgIpc) is 3.81. The fourth-order valence-electron chi connectivity index (χ4n) is 11.4. The molecule has 1 aromatic heterocycles. The molecule has 0 unspecified atom stereocenters. The van der Waals surface area contributed by atoms with Crippen LogP contribution in [0.4, 0.5) is 0 Å². The number of benzene rings is 13. The number of aromatic nitrogens is 2. The molecule has 14 aromatic rings. The molecule has 2 nitrogen and oxygen atoms in total. The van der Waals surface area contributed by atoms with Crippen molar-refractivity contribution in [2.24, 2.45) is 0 Å². The number of nitrogens with zero attached hydrogens (tertiary/aromatic N) is 2. The Labute approximate surface area is 406 Å². The fourth-order valence-corrected chi connectivity index (χ4v) is 11.4. The van der Waals surface area contributed by atoms with E-state index in [1.54, 1.807) is 0 Å². The number of para-hydroxylation sites is 3. The summed E-state index contributed by atoms with van der Waals surface area (Å²) in [5.74, 6) is 0.930. The van der Waals surface area contributed by atoms with Gasteiger partial charge in [0.05, 0.1) is 11.0 Å². The largest absolute Gasteiger partial charge is 0.292 e. The van der Waals surface area contributed by atoms with E-state index < -0.39 is 0 Å². The minimum atomic E-state index is 0.930. The lowest BCUT2D eigenvalue weighted by molar-refractivity contribution is 1.10. The van der Waals surface area contributed by atoms with Crippen LogP contribution in [0.1, 0.15) is 5.56 Å². The third-order valence-corrected chi connectivity index (χ3v) is 14.6. The molecule has 0 aliphatic rings. The van der Waals surface area contributed by atoms with Crippen molar-refractivity contribution < 1.29 is 0 Å². The first-order valence-electron chi connectivity index (χ1n) is 24.2. The maximum Gasteiger partial charge on any atom is 0.145 e. The van der Waals surface area contributed by atoms with E-state index >= 15 is 0 Å². The summed E-state index contributed by atoms with van der Waals surface area (Å²) < 4.78 is 2.27. The highest BCUT2D eigenvalue weighted by atomic mass is 15.1. The molecule has 0 saturated carbocycles. The van der Waals surface area contributed by atoms with Crippen molar-refractivity contribution in [1.82, 2.24) is 9.55 Å². The molecule has 0 bridgehead atoms. The molecule has 2 heteroatoms. The second-order valence-electron chi connectivity index (χ2n) is 18.7. The van der Waals surface area contributed by atoms with Gasteiger partial charge in [0, 0.05) is 11.3 Å². The van der Waals surface area contributed by atoms with Gasteiger partial charge in [-0.3, -0.25) is 4.57 Å². The highest BCUT2D eigenvalue weighted by Crippen LogP contribution is 2.47. The second kappa shape index (κ2) is 16.0. The zero-order chi connectivity index (χ0) is 46.3. The summed E-state index contributed by atoms with van der Waals surface area (Å²) in [6, 6.07) is 91.5. The Hall–Kier alpha value is -9.11. The van der Waals surface area contributed by atoms with Crippen LogP contribution >= 0.6 is 0 Å². The van der Waals surface area contributed by atoms with Crippen molar-refractivity contribution in [2.75, 3.05) is 0 Å². The van der Waals surface area contributed by atoms with Gasteiger partial charge in [0.2, 0.25) is 0 Å². The average molecular weight is 889 g/mol. The van der Waals surface area contributed by atoms with Crippen LogP contribution in [0.15, 0.2) is 249 Å². The molecule has 0 aliphatic carbocycles. The Morgan fingerprint density at radius 2 is 0.629 bits per heavy atom. The van der Waals surface area contributed by atoms with E-state index in [4.69, 9.17) is 4.98 Å². The molecule has 70 heavy (non-hydrogen) atoms. The number of imidazole rings is 1. The molecule has 0 amide bonds. The van der Waals surface area contributed by atoms with E-state index in [1.807, 2.05) is 0 Å². The van der Waals surface area contributed by atoms with Crippen molar-refractivity contribution >= 4 is 75.7 Å². The molecule has 0 saturated heterocycles. The minimum absolute atomic E-state index is 0.930. The van der Waals surface area contributed by atoms with Gasteiger partial charge in [-0.2, -0.15) is 0 Å². The van der Waals surface area contributed by atoms with Gasteiger partial charge in [-0.1, -0.05) is 212 Å². The van der Waals surface area contributed by atoms with E-state index in [9.17, 15) is 0 Å². The highest BCUT2D eigenvalue weighted by molar-refractivity contribution is 6.23. The Morgan fingerprint density at radius 3 is 1.09 bits per heavy atom. The molecule has 13 aromatic carbocycles. The molecule has 0 N–H and O–H groups in total. The molecule has 14 rings (SSSR count). The van der Waals surface area contributed by atoms with Gasteiger partial charge < -0.3 is 0 Å². The second-order valence-corrected chi connectivity index (χ2v) is 18.7. The van der Waals surface area contributed by atoms with Crippen LogP contribution in [0, 0.1) is 6.92 Å². The number of hydrogen-bond acceptors (Lipinski definition) is 1. The van der Waals surface area contributed by atoms with Crippen LogP contribution in [0.3, 0.4) is 0 Å². The molecule has 1 heterocycles. The van der Waals surface area contributed by atoms with Crippen molar-refractivity contribution in [3.63, 3.8) is 0 Å². The Bertz CT molecular complexity index is 4290. The summed E-state index contributed by atoms with van der Waals surface area (Å²) in [4.78, 5) is 5.16. The van der Waals surface area contributed by atoms with Gasteiger partial charge in [-0.25, -0.2) is 4.98 Å². The van der Waals surface area contributed by atoms with Crippen LogP contribution in [-0.4, -0.2) is 9.55 Å². The van der Waals surface area contributed by atoms with Crippen LogP contribution in [0.2, 0.25) is 0 Å². The molecule has 326 valence electrons. The first kappa shape index (κ1) is 40.0. The van der Waals surface area contributed by atoms with Crippen molar-refractivity contribution in [2.45, 2.75) is 6.92 Å². The van der Waals surface area contributed by atoms with E-state index in [2.05, 4.69) is 260 Å². The predicted octanol–water partition coefficient (Wildman–Crippen LogP) is 18.6. The number of fused-ring (bicyclic) bond motifs is 7. The molecule has 0 atom stereocenters. The maximum atomic E-state index is 5.16. The molecule has 0 spiro atoms. The Kier molecular flexibility index (Phi) is 9.15. The zero-order valence-electron chi connectivity index (χ0n) is 38.6. The first-order valence-corrected chi connectivity index (χ1v) is 24.2. The molecular weight excluding hydrogens is 845 g/mol. The Balaban J connectivity index is 0.883. The summed E-state index contributed by atoms with van der Waals surface area (Å²) in [6.07, 6.45) is 0. The lowest BCUT2D eigenvalue weighted by atomic mass is 9.84. The summed E-state index contributed by atoms with van der Waals surface area (Å²) in [5, 5.41) is 15.0. The highest BCUT2D eigenvalue weighted by Gasteiger charge is 2.21. The number of aryl methyl sites for hydroxylation is 1. The number of hydrogen-bond donors (Lipinski definition) is 0. The summed E-state index contributed by atoms with van der Waals surface area (Å²) in [5.41, 5.74) is 15.4. The van der Waals surface area contributed by atoms with Crippen LogP contribution in [-0.2, 0) is 0 Å². The van der Waals surface area contributed by atoms with Gasteiger partial charge in [0.1, 0.15) is 5.82 Å². The van der Waals surface area contributed by atoms with Gasteiger partial charge in [-0.15, -0.1) is 0 Å². The standard InChI is InChI=1S/C68H44N2/c1-43-27-28-47-40-50(36-33-46(47)39-43)66-58-21-9-11-23-60(58)67(61-24-12-10-22-59(61)66)52-38-35-48-41-51(37-34-49(48)42-52)65-56-19-7-5-17-54(56)64(55-18-6-8-20-57(55)65)44-29-31-45(32-30-44)68-69-62-25-13-14-26-63(62)70(68)53-15-3-2-4-16-53/h2-42H,1H3. The Morgan fingerprint density at radius 1 is 0.286 bits per heavy atom. The topological polar surface area (TPSA) is 17.8 Å². The van der Waals surface area contributed by atoms with E-state index in [1.165, 1.54) is 115 Å². The lowest BCUT2D eigenvalue weighted by Crippen LogP contribution is -1.97. The summed E-state index contributed by atoms with van der Waals surface area (Å²) in [7, 11) is 0. The van der Waals surface area contributed by atoms with Crippen LogP contribution in [0.25, 0.3) is 137 Å². The van der Waals surface area contributed by atoms with Gasteiger partial charge >= 0.3 is 0 Å².